The lowest BCUT2D eigenvalue weighted by Gasteiger charge is -2.16. The van der Waals surface area contributed by atoms with Crippen molar-refractivity contribution >= 4 is 11.6 Å². The number of nitrogens with one attached hydrogen (secondary N) is 1. The van der Waals surface area contributed by atoms with Gasteiger partial charge in [0.05, 0.1) is 6.20 Å². The fourth-order valence-corrected chi connectivity index (χ4v) is 2.36. The predicted octanol–water partition coefficient (Wildman–Crippen LogP) is 2.31. The SMILES string of the molecule is CCn1cc(CC(Cc2ccc(F)cc2Cl)NN)cn1. The van der Waals surface area contributed by atoms with E-state index in [9.17, 15) is 4.39 Å². The molecule has 2 rings (SSSR count). The molecule has 3 N–H and O–H groups in total. The maximum atomic E-state index is 13.0. The van der Waals surface area contributed by atoms with Crippen LogP contribution in [0, 0.1) is 5.82 Å². The van der Waals surface area contributed by atoms with Gasteiger partial charge in [0, 0.05) is 23.8 Å². The summed E-state index contributed by atoms with van der Waals surface area (Å²) in [5, 5.41) is 4.66. The number of halogens is 2. The van der Waals surface area contributed by atoms with E-state index in [1.807, 2.05) is 24.0 Å². The number of nitrogens with two attached hydrogens (primary N) is 1. The topological polar surface area (TPSA) is 55.9 Å². The highest BCUT2D eigenvalue weighted by molar-refractivity contribution is 6.31. The summed E-state index contributed by atoms with van der Waals surface area (Å²) in [4.78, 5) is 0. The van der Waals surface area contributed by atoms with Crippen molar-refractivity contribution < 1.29 is 4.39 Å². The molecule has 0 aliphatic carbocycles. The van der Waals surface area contributed by atoms with Crippen LogP contribution in [0.1, 0.15) is 18.1 Å². The quantitative estimate of drug-likeness (QED) is 0.635. The van der Waals surface area contributed by atoms with Crippen LogP contribution >= 0.6 is 11.6 Å². The molecule has 1 atom stereocenters. The Morgan fingerprint density at radius 1 is 1.45 bits per heavy atom. The molecule has 0 bridgehead atoms. The van der Waals surface area contributed by atoms with Crippen LogP contribution in [0.15, 0.2) is 30.6 Å². The van der Waals surface area contributed by atoms with E-state index in [1.165, 1.54) is 12.1 Å². The summed E-state index contributed by atoms with van der Waals surface area (Å²) in [5.41, 5.74) is 4.76. The van der Waals surface area contributed by atoms with Crippen molar-refractivity contribution in [1.29, 1.82) is 0 Å². The minimum atomic E-state index is -0.333. The van der Waals surface area contributed by atoms with E-state index in [-0.39, 0.29) is 11.9 Å². The molecule has 1 unspecified atom stereocenters. The van der Waals surface area contributed by atoms with Gasteiger partial charge in [0.1, 0.15) is 5.82 Å². The number of aryl methyl sites for hydroxylation is 1. The van der Waals surface area contributed by atoms with Crippen LogP contribution in [0.3, 0.4) is 0 Å². The Balaban J connectivity index is 2.04. The largest absolute Gasteiger partial charge is 0.273 e. The van der Waals surface area contributed by atoms with Gasteiger partial charge < -0.3 is 0 Å². The third kappa shape index (κ3) is 3.79. The number of hydrogen-bond donors (Lipinski definition) is 2. The van der Waals surface area contributed by atoms with Crippen molar-refractivity contribution in [2.45, 2.75) is 32.4 Å². The number of rotatable bonds is 6. The van der Waals surface area contributed by atoms with E-state index in [0.29, 0.717) is 11.4 Å². The first-order valence-electron chi connectivity index (χ1n) is 6.53. The molecule has 4 nitrogen and oxygen atoms in total. The number of hydrogen-bond acceptors (Lipinski definition) is 3. The van der Waals surface area contributed by atoms with E-state index >= 15 is 0 Å². The molecular weight excluding hydrogens is 279 g/mol. The highest BCUT2D eigenvalue weighted by Crippen LogP contribution is 2.19. The number of hydrazine groups is 1. The highest BCUT2D eigenvalue weighted by Gasteiger charge is 2.12. The molecule has 0 saturated carbocycles. The molecule has 0 spiro atoms. The minimum Gasteiger partial charge on any atom is -0.273 e. The Morgan fingerprint density at radius 2 is 2.25 bits per heavy atom. The van der Waals surface area contributed by atoms with Crippen LogP contribution < -0.4 is 11.3 Å². The summed E-state index contributed by atoms with van der Waals surface area (Å²) in [6.07, 6.45) is 5.20. The van der Waals surface area contributed by atoms with Gasteiger partial charge in [-0.1, -0.05) is 17.7 Å². The van der Waals surface area contributed by atoms with Gasteiger partial charge in [-0.3, -0.25) is 16.0 Å². The molecule has 108 valence electrons. The first-order valence-corrected chi connectivity index (χ1v) is 6.91. The second-order valence-electron chi connectivity index (χ2n) is 4.71. The van der Waals surface area contributed by atoms with E-state index in [0.717, 1.165) is 24.1 Å². The van der Waals surface area contributed by atoms with Gasteiger partial charge in [-0.2, -0.15) is 5.10 Å². The van der Waals surface area contributed by atoms with E-state index in [2.05, 4.69) is 10.5 Å². The summed E-state index contributed by atoms with van der Waals surface area (Å²) in [7, 11) is 0. The van der Waals surface area contributed by atoms with Crippen molar-refractivity contribution in [1.82, 2.24) is 15.2 Å². The number of aromatic nitrogens is 2. The average molecular weight is 297 g/mol. The maximum absolute atomic E-state index is 13.0. The standard InChI is InChI=1S/C14H18ClFN4/c1-2-20-9-10(8-18-20)5-13(19-17)6-11-3-4-12(16)7-14(11)15/h3-4,7-9,13,19H,2,5-6,17H2,1H3. The lowest BCUT2D eigenvalue weighted by Crippen LogP contribution is -2.38. The van der Waals surface area contributed by atoms with Crippen molar-refractivity contribution in [2.75, 3.05) is 0 Å². The zero-order valence-corrected chi connectivity index (χ0v) is 12.1. The lowest BCUT2D eigenvalue weighted by atomic mass is 10.0. The van der Waals surface area contributed by atoms with Crippen LogP contribution in [0.2, 0.25) is 5.02 Å². The Morgan fingerprint density at radius 3 is 2.85 bits per heavy atom. The molecule has 2 aromatic rings. The molecule has 1 aromatic heterocycles. The second-order valence-corrected chi connectivity index (χ2v) is 5.12. The number of nitrogens with zero attached hydrogens (tertiary/aromatic N) is 2. The highest BCUT2D eigenvalue weighted by atomic mass is 35.5. The minimum absolute atomic E-state index is 0.0208. The van der Waals surface area contributed by atoms with E-state index in [1.54, 1.807) is 6.07 Å². The predicted molar refractivity (Wildman–Crippen MR) is 77.8 cm³/mol. The van der Waals surface area contributed by atoms with Crippen molar-refractivity contribution in [3.8, 4) is 0 Å². The Kier molecular flexibility index (Phi) is 5.11. The monoisotopic (exact) mass is 296 g/mol. The second kappa shape index (κ2) is 6.83. The summed E-state index contributed by atoms with van der Waals surface area (Å²) in [6, 6.07) is 4.44. The maximum Gasteiger partial charge on any atom is 0.124 e. The fourth-order valence-electron chi connectivity index (χ4n) is 2.11. The van der Waals surface area contributed by atoms with Crippen LogP contribution in [-0.2, 0) is 19.4 Å². The first kappa shape index (κ1) is 15.0. The zero-order chi connectivity index (χ0) is 14.5. The normalized spacial score (nSPS) is 12.6. The van der Waals surface area contributed by atoms with Crippen molar-refractivity contribution in [3.63, 3.8) is 0 Å². The van der Waals surface area contributed by atoms with Crippen LogP contribution in [0.4, 0.5) is 4.39 Å². The molecule has 6 heteroatoms. The average Bonchev–Trinajstić information content (AvgIpc) is 2.88. The molecule has 1 heterocycles. The summed E-state index contributed by atoms with van der Waals surface area (Å²) >= 11 is 6.04. The molecule has 0 aliphatic rings. The fraction of sp³-hybridized carbons (Fsp3) is 0.357. The summed E-state index contributed by atoms with van der Waals surface area (Å²) in [6.45, 7) is 2.87. The molecule has 1 aromatic carbocycles. The van der Waals surface area contributed by atoms with E-state index < -0.39 is 0 Å². The molecule has 0 fully saturated rings. The van der Waals surface area contributed by atoms with Gasteiger partial charge in [0.25, 0.3) is 0 Å². The van der Waals surface area contributed by atoms with Crippen LogP contribution in [0.5, 0.6) is 0 Å². The van der Waals surface area contributed by atoms with Crippen LogP contribution in [0.25, 0.3) is 0 Å². The third-order valence-corrected chi connectivity index (χ3v) is 3.56. The van der Waals surface area contributed by atoms with Gasteiger partial charge >= 0.3 is 0 Å². The lowest BCUT2D eigenvalue weighted by molar-refractivity contribution is 0.521. The summed E-state index contributed by atoms with van der Waals surface area (Å²) in [5.74, 6) is 5.26. The van der Waals surface area contributed by atoms with E-state index in [4.69, 9.17) is 17.4 Å². The Hall–Kier alpha value is -1.43. The van der Waals surface area contributed by atoms with Gasteiger partial charge in [0.15, 0.2) is 0 Å². The van der Waals surface area contributed by atoms with Crippen LogP contribution in [-0.4, -0.2) is 15.8 Å². The van der Waals surface area contributed by atoms with Gasteiger partial charge in [-0.05, 0) is 43.0 Å². The van der Waals surface area contributed by atoms with Gasteiger partial charge in [-0.25, -0.2) is 4.39 Å². The van der Waals surface area contributed by atoms with Gasteiger partial charge in [0.2, 0.25) is 0 Å². The smallest absolute Gasteiger partial charge is 0.124 e. The molecule has 0 amide bonds. The molecule has 0 saturated heterocycles. The number of benzene rings is 1. The third-order valence-electron chi connectivity index (χ3n) is 3.21. The van der Waals surface area contributed by atoms with Crippen molar-refractivity contribution in [3.05, 3.63) is 52.6 Å². The molecule has 0 aliphatic heterocycles. The molecular formula is C14H18ClFN4. The Bertz CT molecular complexity index is 570. The van der Waals surface area contributed by atoms with Crippen molar-refractivity contribution in [2.24, 2.45) is 5.84 Å². The van der Waals surface area contributed by atoms with Gasteiger partial charge in [-0.15, -0.1) is 0 Å². The molecule has 20 heavy (non-hydrogen) atoms. The molecule has 0 radical (unpaired) electrons. The summed E-state index contributed by atoms with van der Waals surface area (Å²) < 4.78 is 14.9. The Labute approximate surface area is 122 Å². The zero-order valence-electron chi connectivity index (χ0n) is 11.3. The first-order chi connectivity index (χ1) is 9.62.